The summed E-state index contributed by atoms with van der Waals surface area (Å²) in [5.41, 5.74) is 3.04. The Morgan fingerprint density at radius 3 is 2.05 bits per heavy atom. The van der Waals surface area contributed by atoms with E-state index in [0.29, 0.717) is 5.69 Å². The number of hydrogen-bond donors (Lipinski definition) is 1. The molecule has 0 radical (unpaired) electrons. The number of hydrogen-bond acceptors (Lipinski definition) is 4. The standard InChI is InChI=1S/C31H37N3O4S/c1-23-18-24(2)20-28(19-23)34(39(37,38)29-16-8-5-9-17-29)22-30(35)33(21-26-12-6-4-7-13-26)25(3)31(36)32-27-14-10-11-15-27/h4-9,12-13,16-20,25,27H,10-11,14-15,21-22H2,1-3H3,(H,32,36)/t25-/m1/s1. The highest BCUT2D eigenvalue weighted by molar-refractivity contribution is 7.92. The highest BCUT2D eigenvalue weighted by Crippen LogP contribution is 2.27. The Balaban J connectivity index is 1.69. The van der Waals surface area contributed by atoms with Crippen molar-refractivity contribution >= 4 is 27.5 Å². The van der Waals surface area contributed by atoms with Gasteiger partial charge in [0.25, 0.3) is 10.0 Å². The summed E-state index contributed by atoms with van der Waals surface area (Å²) in [5.74, 6) is -0.679. The fourth-order valence-corrected chi connectivity index (χ4v) is 6.52. The van der Waals surface area contributed by atoms with Crippen LogP contribution in [0.25, 0.3) is 0 Å². The molecule has 1 N–H and O–H groups in total. The van der Waals surface area contributed by atoms with Crippen molar-refractivity contribution in [3.63, 3.8) is 0 Å². The minimum Gasteiger partial charge on any atom is -0.352 e. The number of benzene rings is 3. The highest BCUT2D eigenvalue weighted by atomic mass is 32.2. The first-order valence-electron chi connectivity index (χ1n) is 13.4. The van der Waals surface area contributed by atoms with Crippen LogP contribution >= 0.6 is 0 Å². The van der Waals surface area contributed by atoms with Crippen LogP contribution in [0, 0.1) is 13.8 Å². The lowest BCUT2D eigenvalue weighted by atomic mass is 10.1. The van der Waals surface area contributed by atoms with Crippen LogP contribution in [-0.4, -0.2) is 43.8 Å². The molecule has 7 nitrogen and oxygen atoms in total. The van der Waals surface area contributed by atoms with Gasteiger partial charge in [-0.25, -0.2) is 8.42 Å². The van der Waals surface area contributed by atoms with Crippen LogP contribution in [0.5, 0.6) is 0 Å². The Bertz CT molecular complexity index is 1370. The van der Waals surface area contributed by atoms with Crippen LogP contribution in [0.4, 0.5) is 5.69 Å². The van der Waals surface area contributed by atoms with Gasteiger partial charge in [0, 0.05) is 12.6 Å². The summed E-state index contributed by atoms with van der Waals surface area (Å²) < 4.78 is 28.9. The molecule has 0 aromatic heterocycles. The van der Waals surface area contributed by atoms with Gasteiger partial charge in [0.05, 0.1) is 10.6 Å². The maximum absolute atomic E-state index is 14.0. The van der Waals surface area contributed by atoms with E-state index in [4.69, 9.17) is 0 Å². The second-order valence-electron chi connectivity index (χ2n) is 10.3. The molecule has 2 amide bonds. The van der Waals surface area contributed by atoms with Gasteiger partial charge in [-0.15, -0.1) is 0 Å². The highest BCUT2D eigenvalue weighted by Gasteiger charge is 2.33. The lowest BCUT2D eigenvalue weighted by Gasteiger charge is -2.32. The summed E-state index contributed by atoms with van der Waals surface area (Å²) in [4.78, 5) is 28.8. The van der Waals surface area contributed by atoms with Crippen molar-refractivity contribution in [1.29, 1.82) is 0 Å². The Hall–Kier alpha value is -3.65. The zero-order valence-electron chi connectivity index (χ0n) is 22.8. The molecule has 0 aliphatic heterocycles. The van der Waals surface area contributed by atoms with Gasteiger partial charge in [0.1, 0.15) is 12.6 Å². The van der Waals surface area contributed by atoms with Crippen LogP contribution < -0.4 is 9.62 Å². The van der Waals surface area contributed by atoms with Crippen LogP contribution in [0.2, 0.25) is 0 Å². The maximum atomic E-state index is 14.0. The molecule has 3 aromatic carbocycles. The van der Waals surface area contributed by atoms with E-state index in [-0.39, 0.29) is 23.4 Å². The molecule has 1 aliphatic rings. The molecule has 1 atom stereocenters. The minimum atomic E-state index is -4.07. The first-order valence-corrected chi connectivity index (χ1v) is 14.9. The number of sulfonamides is 1. The molecule has 0 spiro atoms. The fraction of sp³-hybridized carbons (Fsp3) is 0.355. The van der Waals surface area contributed by atoms with E-state index in [9.17, 15) is 18.0 Å². The third-order valence-electron chi connectivity index (χ3n) is 7.17. The number of rotatable bonds is 10. The monoisotopic (exact) mass is 547 g/mol. The molecule has 0 heterocycles. The Kier molecular flexibility index (Phi) is 9.07. The van der Waals surface area contributed by atoms with E-state index in [2.05, 4.69) is 5.32 Å². The van der Waals surface area contributed by atoms with E-state index in [1.807, 2.05) is 50.2 Å². The quantitative estimate of drug-likeness (QED) is 0.388. The molecular weight excluding hydrogens is 510 g/mol. The third kappa shape index (κ3) is 7.06. The van der Waals surface area contributed by atoms with Crippen LogP contribution in [-0.2, 0) is 26.2 Å². The summed E-state index contributed by atoms with van der Waals surface area (Å²) >= 11 is 0. The molecule has 3 aromatic rings. The Morgan fingerprint density at radius 1 is 0.897 bits per heavy atom. The molecule has 0 bridgehead atoms. The van der Waals surface area contributed by atoms with E-state index in [1.165, 1.54) is 17.0 Å². The summed E-state index contributed by atoms with van der Waals surface area (Å²) in [7, 11) is -4.07. The Labute approximate surface area is 231 Å². The van der Waals surface area contributed by atoms with Crippen molar-refractivity contribution in [3.05, 3.63) is 95.6 Å². The van der Waals surface area contributed by atoms with Gasteiger partial charge >= 0.3 is 0 Å². The van der Waals surface area contributed by atoms with Gasteiger partial charge < -0.3 is 10.2 Å². The fourth-order valence-electron chi connectivity index (χ4n) is 5.10. The molecule has 39 heavy (non-hydrogen) atoms. The maximum Gasteiger partial charge on any atom is 0.264 e. The van der Waals surface area contributed by atoms with Crippen molar-refractivity contribution < 1.29 is 18.0 Å². The van der Waals surface area contributed by atoms with Crippen LogP contribution in [0.1, 0.15) is 49.3 Å². The summed E-state index contributed by atoms with van der Waals surface area (Å²) in [6.45, 7) is 5.24. The van der Waals surface area contributed by atoms with Crippen molar-refractivity contribution in [2.24, 2.45) is 0 Å². The first kappa shape index (κ1) is 28.4. The van der Waals surface area contributed by atoms with Gasteiger partial charge in [-0.05, 0) is 74.6 Å². The van der Waals surface area contributed by atoms with Crippen molar-refractivity contribution in [3.8, 4) is 0 Å². The molecule has 8 heteroatoms. The van der Waals surface area contributed by atoms with Crippen molar-refractivity contribution in [2.45, 2.75) is 70.0 Å². The first-order chi connectivity index (χ1) is 18.6. The number of carbonyl (C=O) groups is 2. The van der Waals surface area contributed by atoms with Crippen LogP contribution in [0.15, 0.2) is 83.8 Å². The van der Waals surface area contributed by atoms with Gasteiger partial charge in [0.15, 0.2) is 0 Å². The summed E-state index contributed by atoms with van der Waals surface area (Å²) in [5, 5.41) is 3.09. The average Bonchev–Trinajstić information content (AvgIpc) is 3.43. The van der Waals surface area contributed by atoms with E-state index < -0.39 is 28.5 Å². The molecule has 0 saturated heterocycles. The zero-order valence-corrected chi connectivity index (χ0v) is 23.7. The topological polar surface area (TPSA) is 86.8 Å². The minimum absolute atomic E-state index is 0.0959. The molecule has 4 rings (SSSR count). The number of aryl methyl sites for hydroxylation is 2. The normalized spacial score (nSPS) is 14.5. The molecule has 1 saturated carbocycles. The second-order valence-corrected chi connectivity index (χ2v) is 12.2. The predicted molar refractivity (Wildman–Crippen MR) is 154 cm³/mol. The van der Waals surface area contributed by atoms with Crippen molar-refractivity contribution in [1.82, 2.24) is 10.2 Å². The van der Waals surface area contributed by atoms with Crippen LogP contribution in [0.3, 0.4) is 0 Å². The van der Waals surface area contributed by atoms with Gasteiger partial charge in [0.2, 0.25) is 11.8 Å². The molecule has 1 aliphatic carbocycles. The third-order valence-corrected chi connectivity index (χ3v) is 8.96. The molecule has 0 unspecified atom stereocenters. The summed E-state index contributed by atoms with van der Waals surface area (Å²) in [6.07, 6.45) is 4.02. The average molecular weight is 548 g/mol. The molecular formula is C31H37N3O4S. The summed E-state index contributed by atoms with van der Waals surface area (Å²) in [6, 6.07) is 22.4. The number of nitrogens with one attached hydrogen (secondary N) is 1. The van der Waals surface area contributed by atoms with E-state index >= 15 is 0 Å². The smallest absolute Gasteiger partial charge is 0.264 e. The van der Waals surface area contributed by atoms with Crippen molar-refractivity contribution in [2.75, 3.05) is 10.8 Å². The largest absolute Gasteiger partial charge is 0.352 e. The predicted octanol–water partition coefficient (Wildman–Crippen LogP) is 4.97. The van der Waals surface area contributed by atoms with Gasteiger partial charge in [-0.1, -0.05) is 67.4 Å². The lowest BCUT2D eigenvalue weighted by Crippen LogP contribution is -2.52. The molecule has 206 valence electrons. The number of anilines is 1. The Morgan fingerprint density at radius 2 is 1.46 bits per heavy atom. The van der Waals surface area contributed by atoms with Gasteiger partial charge in [-0.3, -0.25) is 13.9 Å². The molecule has 1 fully saturated rings. The van der Waals surface area contributed by atoms with E-state index in [1.54, 1.807) is 37.3 Å². The second kappa shape index (κ2) is 12.5. The number of nitrogens with zero attached hydrogens (tertiary/aromatic N) is 2. The number of carbonyl (C=O) groups excluding carboxylic acids is 2. The van der Waals surface area contributed by atoms with Gasteiger partial charge in [-0.2, -0.15) is 0 Å². The number of amides is 2. The SMILES string of the molecule is Cc1cc(C)cc(N(CC(=O)N(Cc2ccccc2)[C@H](C)C(=O)NC2CCCC2)S(=O)(=O)c2ccccc2)c1. The lowest BCUT2D eigenvalue weighted by molar-refractivity contribution is -0.139. The van der Waals surface area contributed by atoms with E-state index in [0.717, 1.165) is 46.7 Å². The zero-order chi connectivity index (χ0) is 28.0.